The van der Waals surface area contributed by atoms with E-state index in [1.807, 2.05) is 12.1 Å². The minimum atomic E-state index is -0.121. The van der Waals surface area contributed by atoms with E-state index in [9.17, 15) is 4.39 Å². The summed E-state index contributed by atoms with van der Waals surface area (Å²) in [6.45, 7) is 3.86. The van der Waals surface area contributed by atoms with E-state index in [1.165, 1.54) is 18.9 Å². The van der Waals surface area contributed by atoms with Gasteiger partial charge in [0.1, 0.15) is 5.82 Å². The molecule has 3 heteroatoms. The molecule has 0 heterocycles. The highest BCUT2D eigenvalue weighted by Crippen LogP contribution is 2.18. The van der Waals surface area contributed by atoms with Gasteiger partial charge in [-0.2, -0.15) is 0 Å². The van der Waals surface area contributed by atoms with Gasteiger partial charge in [0.05, 0.1) is 5.69 Å². The van der Waals surface area contributed by atoms with Crippen molar-refractivity contribution in [1.29, 1.82) is 0 Å². The van der Waals surface area contributed by atoms with E-state index in [-0.39, 0.29) is 5.82 Å². The van der Waals surface area contributed by atoms with Crippen molar-refractivity contribution in [2.24, 2.45) is 0 Å². The molecule has 0 atom stereocenters. The first-order chi connectivity index (χ1) is 7.79. The van der Waals surface area contributed by atoms with Crippen LogP contribution in [0.3, 0.4) is 0 Å². The summed E-state index contributed by atoms with van der Waals surface area (Å²) >= 11 is 3.42. The van der Waals surface area contributed by atoms with Crippen molar-refractivity contribution in [1.82, 2.24) is 0 Å². The van der Waals surface area contributed by atoms with E-state index >= 15 is 0 Å². The highest BCUT2D eigenvalue weighted by molar-refractivity contribution is 9.09. The average molecular weight is 288 g/mol. The topological polar surface area (TPSA) is 3.24 Å². The molecule has 1 aromatic rings. The monoisotopic (exact) mass is 287 g/mol. The lowest BCUT2D eigenvalue weighted by molar-refractivity contribution is 0.611. The van der Waals surface area contributed by atoms with E-state index in [0.29, 0.717) is 0 Å². The quantitative estimate of drug-likeness (QED) is 0.536. The Morgan fingerprint density at radius 1 is 1.19 bits per heavy atom. The third kappa shape index (κ3) is 4.12. The minimum absolute atomic E-state index is 0.121. The summed E-state index contributed by atoms with van der Waals surface area (Å²) in [4.78, 5) is 2.10. The maximum Gasteiger partial charge on any atom is 0.146 e. The summed E-state index contributed by atoms with van der Waals surface area (Å²) in [7, 11) is 0. The van der Waals surface area contributed by atoms with Crippen LogP contribution in [0.25, 0.3) is 0 Å². The summed E-state index contributed by atoms with van der Waals surface area (Å²) in [5.41, 5.74) is 0.726. The highest BCUT2D eigenvalue weighted by Gasteiger charge is 2.08. The zero-order valence-corrected chi connectivity index (χ0v) is 11.3. The van der Waals surface area contributed by atoms with Crippen LogP contribution in [0.2, 0.25) is 0 Å². The lowest BCUT2D eigenvalue weighted by Crippen LogP contribution is -2.24. The molecular weight excluding hydrogens is 269 g/mol. The summed E-state index contributed by atoms with van der Waals surface area (Å²) in [5.74, 6) is -0.121. The van der Waals surface area contributed by atoms with Gasteiger partial charge in [0.25, 0.3) is 0 Å². The first-order valence-electron chi connectivity index (χ1n) is 5.85. The Bertz CT molecular complexity index is 304. The summed E-state index contributed by atoms with van der Waals surface area (Å²) < 4.78 is 13.6. The van der Waals surface area contributed by atoms with Gasteiger partial charge in [-0.25, -0.2) is 4.39 Å². The molecule has 0 unspecified atom stereocenters. The Labute approximate surface area is 106 Å². The van der Waals surface area contributed by atoms with Gasteiger partial charge in [0, 0.05) is 18.4 Å². The number of halogens is 2. The summed E-state index contributed by atoms with van der Waals surface area (Å²) in [6.07, 6.45) is 3.50. The van der Waals surface area contributed by atoms with Crippen LogP contribution in [0.1, 0.15) is 26.2 Å². The van der Waals surface area contributed by atoms with Crippen molar-refractivity contribution < 1.29 is 4.39 Å². The lowest BCUT2D eigenvalue weighted by Gasteiger charge is -2.23. The average Bonchev–Trinajstić information content (AvgIpc) is 2.31. The van der Waals surface area contributed by atoms with Gasteiger partial charge in [0.2, 0.25) is 0 Å². The molecule has 0 aliphatic heterocycles. The van der Waals surface area contributed by atoms with Crippen molar-refractivity contribution in [3.8, 4) is 0 Å². The molecular formula is C13H19BrFN. The van der Waals surface area contributed by atoms with Gasteiger partial charge in [-0.3, -0.25) is 0 Å². The third-order valence-corrected chi connectivity index (χ3v) is 3.20. The molecule has 0 saturated heterocycles. The van der Waals surface area contributed by atoms with Crippen LogP contribution in [-0.2, 0) is 0 Å². The predicted molar refractivity (Wildman–Crippen MR) is 71.9 cm³/mol. The molecule has 1 rings (SSSR count). The Hall–Kier alpha value is -0.570. The molecule has 0 aliphatic carbocycles. The number of hydrogen-bond acceptors (Lipinski definition) is 1. The molecule has 0 aliphatic rings. The number of rotatable bonds is 7. The van der Waals surface area contributed by atoms with Crippen molar-refractivity contribution in [3.63, 3.8) is 0 Å². The van der Waals surface area contributed by atoms with Gasteiger partial charge in [0.15, 0.2) is 0 Å². The number of alkyl halides is 1. The van der Waals surface area contributed by atoms with Crippen molar-refractivity contribution in [2.75, 3.05) is 23.3 Å². The Morgan fingerprint density at radius 3 is 2.56 bits per heavy atom. The van der Waals surface area contributed by atoms with Crippen molar-refractivity contribution in [3.05, 3.63) is 30.1 Å². The fraction of sp³-hybridized carbons (Fsp3) is 0.538. The van der Waals surface area contributed by atoms with Gasteiger partial charge in [-0.1, -0.05) is 34.5 Å². The maximum atomic E-state index is 13.6. The van der Waals surface area contributed by atoms with Crippen LogP contribution < -0.4 is 4.90 Å². The standard InChI is InChI=1S/C13H19BrFN/c1-2-16(11-7-3-6-10-14)13-9-5-4-8-12(13)15/h4-5,8-9H,2-3,6-7,10-11H2,1H3. The van der Waals surface area contributed by atoms with E-state index in [0.717, 1.165) is 30.5 Å². The molecule has 0 saturated carbocycles. The van der Waals surface area contributed by atoms with E-state index < -0.39 is 0 Å². The molecule has 1 aromatic carbocycles. The van der Waals surface area contributed by atoms with E-state index in [2.05, 4.69) is 27.8 Å². The second-order valence-corrected chi connectivity index (χ2v) is 4.57. The molecule has 0 N–H and O–H groups in total. The fourth-order valence-corrected chi connectivity index (χ4v) is 2.13. The SMILES string of the molecule is CCN(CCCCCBr)c1ccccc1F. The van der Waals surface area contributed by atoms with Crippen LogP contribution in [0, 0.1) is 5.82 Å². The first-order valence-corrected chi connectivity index (χ1v) is 6.97. The molecule has 0 bridgehead atoms. The first kappa shape index (κ1) is 13.5. The minimum Gasteiger partial charge on any atom is -0.369 e. The number of benzene rings is 1. The maximum absolute atomic E-state index is 13.6. The van der Waals surface area contributed by atoms with Crippen molar-refractivity contribution >= 4 is 21.6 Å². The zero-order valence-electron chi connectivity index (χ0n) is 9.76. The van der Waals surface area contributed by atoms with Gasteiger partial charge < -0.3 is 4.90 Å². The molecule has 0 spiro atoms. The third-order valence-electron chi connectivity index (χ3n) is 2.64. The van der Waals surface area contributed by atoms with E-state index in [1.54, 1.807) is 6.07 Å². The molecule has 0 amide bonds. The number of hydrogen-bond donors (Lipinski definition) is 0. The number of unbranched alkanes of at least 4 members (excludes halogenated alkanes) is 2. The number of anilines is 1. The molecule has 0 fully saturated rings. The van der Waals surface area contributed by atoms with Gasteiger partial charge >= 0.3 is 0 Å². The smallest absolute Gasteiger partial charge is 0.146 e. The van der Waals surface area contributed by atoms with Gasteiger partial charge in [-0.05, 0) is 31.9 Å². The zero-order chi connectivity index (χ0) is 11.8. The van der Waals surface area contributed by atoms with Crippen LogP contribution in [0.15, 0.2) is 24.3 Å². The Balaban J connectivity index is 2.51. The normalized spacial score (nSPS) is 10.4. The van der Waals surface area contributed by atoms with Gasteiger partial charge in [-0.15, -0.1) is 0 Å². The largest absolute Gasteiger partial charge is 0.369 e. The fourth-order valence-electron chi connectivity index (χ4n) is 1.73. The second-order valence-electron chi connectivity index (χ2n) is 3.78. The van der Waals surface area contributed by atoms with Crippen LogP contribution in [0.4, 0.5) is 10.1 Å². The predicted octanol–water partition coefficient (Wildman–Crippen LogP) is 4.22. The lowest BCUT2D eigenvalue weighted by atomic mass is 10.2. The number of nitrogens with zero attached hydrogens (tertiary/aromatic N) is 1. The summed E-state index contributed by atoms with van der Waals surface area (Å²) in [5, 5.41) is 1.05. The number of para-hydroxylation sites is 1. The summed E-state index contributed by atoms with van der Waals surface area (Å²) in [6, 6.07) is 7.00. The molecule has 16 heavy (non-hydrogen) atoms. The van der Waals surface area contributed by atoms with Crippen LogP contribution in [0.5, 0.6) is 0 Å². The molecule has 90 valence electrons. The van der Waals surface area contributed by atoms with E-state index in [4.69, 9.17) is 0 Å². The highest BCUT2D eigenvalue weighted by atomic mass is 79.9. The Morgan fingerprint density at radius 2 is 1.94 bits per heavy atom. The second kappa shape index (κ2) is 7.66. The molecule has 0 radical (unpaired) electrons. The van der Waals surface area contributed by atoms with Crippen molar-refractivity contribution in [2.45, 2.75) is 26.2 Å². The Kier molecular flexibility index (Phi) is 6.46. The molecule has 1 nitrogen and oxygen atoms in total. The van der Waals surface area contributed by atoms with Crippen LogP contribution in [-0.4, -0.2) is 18.4 Å². The molecule has 0 aromatic heterocycles. The van der Waals surface area contributed by atoms with Crippen LogP contribution >= 0.6 is 15.9 Å².